The summed E-state index contributed by atoms with van der Waals surface area (Å²) in [6.45, 7) is 6.21. The number of allylic oxidation sites excluding steroid dienone is 2. The second kappa shape index (κ2) is 11.4. The van der Waals surface area contributed by atoms with Gasteiger partial charge < -0.3 is 20.1 Å². The van der Waals surface area contributed by atoms with E-state index in [2.05, 4.69) is 25.8 Å². The quantitative estimate of drug-likeness (QED) is 0.427. The number of pyridine rings is 1. The zero-order valence-corrected chi connectivity index (χ0v) is 23.4. The number of rotatable bonds is 5. The van der Waals surface area contributed by atoms with E-state index in [-0.39, 0.29) is 30.9 Å². The van der Waals surface area contributed by atoms with Gasteiger partial charge in [0.05, 0.1) is 18.0 Å². The molecule has 2 aromatic heterocycles. The molecule has 3 heterocycles. The number of piperidine rings is 1. The molecule has 0 spiro atoms. The van der Waals surface area contributed by atoms with Gasteiger partial charge in [-0.3, -0.25) is 9.78 Å². The fourth-order valence-electron chi connectivity index (χ4n) is 5.19. The first-order chi connectivity index (χ1) is 19.9. The molecule has 3 aromatic rings. The second-order valence-corrected chi connectivity index (χ2v) is 11.3. The van der Waals surface area contributed by atoms with Crippen LogP contribution < -0.4 is 10.6 Å². The molecule has 3 amide bonds. The maximum atomic E-state index is 13.5. The number of alkyl halides is 3. The number of carbonyl (C=O) groups is 2. The van der Waals surface area contributed by atoms with Crippen molar-refractivity contribution in [3.8, 4) is 11.5 Å². The molecule has 2 N–H and O–H groups in total. The van der Waals surface area contributed by atoms with Gasteiger partial charge in [0.2, 0.25) is 17.6 Å². The summed E-state index contributed by atoms with van der Waals surface area (Å²) >= 11 is 0. The highest BCUT2D eigenvalue weighted by Crippen LogP contribution is 2.41. The summed E-state index contributed by atoms with van der Waals surface area (Å²) in [6, 6.07) is 10.2. The molecule has 0 radical (unpaired) electrons. The lowest BCUT2D eigenvalue weighted by Crippen LogP contribution is -2.53. The van der Waals surface area contributed by atoms with Gasteiger partial charge in [-0.1, -0.05) is 41.1 Å². The highest BCUT2D eigenvalue weighted by molar-refractivity contribution is 5.87. The topological polar surface area (TPSA) is 113 Å². The van der Waals surface area contributed by atoms with Crippen molar-refractivity contribution in [1.29, 1.82) is 0 Å². The van der Waals surface area contributed by atoms with Crippen LogP contribution >= 0.6 is 0 Å². The van der Waals surface area contributed by atoms with Crippen LogP contribution in [0, 0.1) is 11.8 Å². The molecule has 2 unspecified atom stereocenters. The van der Waals surface area contributed by atoms with Crippen LogP contribution in [-0.4, -0.2) is 50.6 Å². The molecule has 1 aliphatic heterocycles. The minimum absolute atomic E-state index is 0.0243. The van der Waals surface area contributed by atoms with E-state index in [0.717, 1.165) is 17.7 Å². The Labute approximate surface area is 240 Å². The van der Waals surface area contributed by atoms with Crippen molar-refractivity contribution < 1.29 is 27.3 Å². The molecule has 1 saturated heterocycles. The number of halogens is 3. The largest absolute Gasteiger partial charge is 0.416 e. The highest BCUT2D eigenvalue weighted by Gasteiger charge is 2.39. The Morgan fingerprint density at radius 3 is 2.64 bits per heavy atom. The molecule has 2 aliphatic rings. The predicted octanol–water partition coefficient (Wildman–Crippen LogP) is 5.24. The van der Waals surface area contributed by atoms with E-state index in [1.54, 1.807) is 47.5 Å². The minimum Gasteiger partial charge on any atom is -0.346 e. The second-order valence-electron chi connectivity index (χ2n) is 11.3. The monoisotopic (exact) mass is 580 g/mol. The summed E-state index contributed by atoms with van der Waals surface area (Å²) in [6.07, 6.45) is 0.941. The number of amides is 3. The molecule has 0 bridgehead atoms. The Morgan fingerprint density at radius 1 is 1.12 bits per heavy atom. The van der Waals surface area contributed by atoms with Gasteiger partial charge in [-0.15, -0.1) is 0 Å². The standard InChI is InChI=1S/C30H31F3N6O3/c1-29(2,3)37-28(41)39-14-12-21-20(18-7-6-8-19(15-18)30(31,32)33)10-11-22(23(21)17-39)27(40)35-16-25-36-26(38-42-25)24-9-4-5-13-34-24/h4-11,13,15,22-23H,12,14,16-17H2,1-3H3,(H,35,40)(H,37,41). The van der Waals surface area contributed by atoms with Crippen LogP contribution in [0.25, 0.3) is 17.1 Å². The minimum atomic E-state index is -4.49. The number of hydrogen-bond donors (Lipinski definition) is 2. The van der Waals surface area contributed by atoms with Crippen LogP contribution in [0.3, 0.4) is 0 Å². The van der Waals surface area contributed by atoms with E-state index in [1.165, 1.54) is 6.07 Å². The fourth-order valence-corrected chi connectivity index (χ4v) is 5.19. The average molecular weight is 581 g/mol. The van der Waals surface area contributed by atoms with Crippen molar-refractivity contribution >= 4 is 17.5 Å². The Balaban J connectivity index is 1.38. The molecule has 1 fully saturated rings. The van der Waals surface area contributed by atoms with Crippen LogP contribution in [0.15, 0.2) is 70.9 Å². The third kappa shape index (κ3) is 6.53. The van der Waals surface area contributed by atoms with Gasteiger partial charge in [0.25, 0.3) is 0 Å². The van der Waals surface area contributed by atoms with E-state index in [4.69, 9.17) is 4.52 Å². The Kier molecular flexibility index (Phi) is 7.89. The molecule has 9 nitrogen and oxygen atoms in total. The number of benzene rings is 1. The van der Waals surface area contributed by atoms with Crippen molar-refractivity contribution in [1.82, 2.24) is 30.7 Å². The van der Waals surface area contributed by atoms with Gasteiger partial charge in [-0.25, -0.2) is 4.79 Å². The number of fused-ring (bicyclic) bond motifs is 1. The van der Waals surface area contributed by atoms with Crippen LogP contribution in [0.4, 0.5) is 18.0 Å². The summed E-state index contributed by atoms with van der Waals surface area (Å²) < 4.78 is 45.7. The maximum Gasteiger partial charge on any atom is 0.416 e. The third-order valence-corrected chi connectivity index (χ3v) is 7.11. The van der Waals surface area contributed by atoms with Gasteiger partial charge in [-0.05, 0) is 62.6 Å². The van der Waals surface area contributed by atoms with E-state index in [1.807, 2.05) is 20.8 Å². The lowest BCUT2D eigenvalue weighted by atomic mass is 9.73. The molecule has 1 aromatic carbocycles. The van der Waals surface area contributed by atoms with Crippen molar-refractivity contribution in [3.63, 3.8) is 0 Å². The summed E-state index contributed by atoms with van der Waals surface area (Å²) in [5.41, 5.74) is 1.22. The molecule has 220 valence electrons. The number of likely N-dealkylation sites (tertiary alicyclic amines) is 1. The molecular formula is C30H31F3N6O3. The van der Waals surface area contributed by atoms with E-state index < -0.39 is 29.1 Å². The fraction of sp³-hybridized carbons (Fsp3) is 0.367. The lowest BCUT2D eigenvalue weighted by Gasteiger charge is -2.41. The lowest BCUT2D eigenvalue weighted by molar-refractivity contribution is -0.137. The zero-order valence-electron chi connectivity index (χ0n) is 23.4. The SMILES string of the molecule is CC(C)(C)NC(=O)N1CCC2=C(c3cccc(C(F)(F)F)c3)C=CC(C(=O)NCc3nc(-c4ccccn4)no3)C2C1. The van der Waals surface area contributed by atoms with E-state index in [0.29, 0.717) is 35.6 Å². The number of nitrogens with zero attached hydrogens (tertiary/aromatic N) is 4. The number of hydrogen-bond acceptors (Lipinski definition) is 6. The van der Waals surface area contributed by atoms with Crippen LogP contribution in [0.2, 0.25) is 0 Å². The van der Waals surface area contributed by atoms with Crippen LogP contribution in [-0.2, 0) is 17.5 Å². The Bertz CT molecular complexity index is 1520. The normalized spacial score (nSPS) is 19.0. The van der Waals surface area contributed by atoms with Gasteiger partial charge in [0, 0.05) is 30.7 Å². The summed E-state index contributed by atoms with van der Waals surface area (Å²) in [5, 5.41) is 9.70. The highest BCUT2D eigenvalue weighted by atomic mass is 19.4. The van der Waals surface area contributed by atoms with Gasteiger partial charge >= 0.3 is 12.2 Å². The van der Waals surface area contributed by atoms with E-state index in [9.17, 15) is 22.8 Å². The first kappa shape index (κ1) is 29.0. The van der Waals surface area contributed by atoms with Crippen LogP contribution in [0.5, 0.6) is 0 Å². The molecular weight excluding hydrogens is 549 g/mol. The first-order valence-electron chi connectivity index (χ1n) is 13.6. The third-order valence-electron chi connectivity index (χ3n) is 7.11. The molecule has 0 saturated carbocycles. The Hall–Kier alpha value is -4.48. The zero-order chi connectivity index (χ0) is 30.1. The van der Waals surface area contributed by atoms with Crippen molar-refractivity contribution in [2.45, 2.75) is 45.5 Å². The van der Waals surface area contributed by atoms with Crippen molar-refractivity contribution in [2.75, 3.05) is 13.1 Å². The summed E-state index contributed by atoms with van der Waals surface area (Å²) in [7, 11) is 0. The first-order valence-corrected chi connectivity index (χ1v) is 13.6. The number of urea groups is 1. The molecule has 42 heavy (non-hydrogen) atoms. The van der Waals surface area contributed by atoms with Crippen molar-refractivity contribution in [2.24, 2.45) is 11.8 Å². The average Bonchev–Trinajstić information content (AvgIpc) is 3.43. The van der Waals surface area contributed by atoms with Crippen molar-refractivity contribution in [3.05, 3.63) is 83.4 Å². The van der Waals surface area contributed by atoms with Gasteiger partial charge in [-0.2, -0.15) is 18.2 Å². The smallest absolute Gasteiger partial charge is 0.346 e. The predicted molar refractivity (Wildman–Crippen MR) is 148 cm³/mol. The summed E-state index contributed by atoms with van der Waals surface area (Å²) in [4.78, 5) is 36.6. The molecule has 2 atom stereocenters. The molecule has 12 heteroatoms. The molecule has 1 aliphatic carbocycles. The van der Waals surface area contributed by atoms with Gasteiger partial charge in [0.15, 0.2) is 0 Å². The summed E-state index contributed by atoms with van der Waals surface area (Å²) in [5.74, 6) is -0.948. The Morgan fingerprint density at radius 2 is 1.93 bits per heavy atom. The number of nitrogens with one attached hydrogen (secondary N) is 2. The van der Waals surface area contributed by atoms with Crippen LogP contribution in [0.1, 0.15) is 44.2 Å². The van der Waals surface area contributed by atoms with Gasteiger partial charge in [0.1, 0.15) is 5.69 Å². The van der Waals surface area contributed by atoms with E-state index >= 15 is 0 Å². The number of carbonyl (C=O) groups excluding carboxylic acids is 2. The molecule has 5 rings (SSSR count). The maximum absolute atomic E-state index is 13.5. The number of aromatic nitrogens is 3.